The highest BCUT2D eigenvalue weighted by atomic mass is 35.5. The highest BCUT2D eigenvalue weighted by Crippen LogP contribution is 2.31. The minimum atomic E-state index is -3.69. The maximum Gasteiger partial charge on any atom is 0.257 e. The van der Waals surface area contributed by atoms with Gasteiger partial charge in [0.15, 0.2) is 16.4 Å². The summed E-state index contributed by atoms with van der Waals surface area (Å²) in [6.07, 6.45) is 1.40. The molecule has 0 aliphatic carbocycles. The maximum atomic E-state index is 12.9. The van der Waals surface area contributed by atoms with Gasteiger partial charge in [0.2, 0.25) is 0 Å². The van der Waals surface area contributed by atoms with E-state index in [-0.39, 0.29) is 23.1 Å². The summed E-state index contributed by atoms with van der Waals surface area (Å²) >= 11 is 6.91. The van der Waals surface area contributed by atoms with Gasteiger partial charge in [-0.3, -0.25) is 4.79 Å². The average Bonchev–Trinajstić information content (AvgIpc) is 3.35. The van der Waals surface area contributed by atoms with E-state index in [1.165, 1.54) is 12.3 Å². The molecule has 9 heteroatoms. The van der Waals surface area contributed by atoms with Crippen molar-refractivity contribution in [1.82, 2.24) is 5.32 Å². The molecule has 2 heterocycles. The number of furan rings is 1. The van der Waals surface area contributed by atoms with Gasteiger partial charge in [-0.2, -0.15) is 0 Å². The van der Waals surface area contributed by atoms with E-state index in [1.54, 1.807) is 47.8 Å². The van der Waals surface area contributed by atoms with Crippen molar-refractivity contribution in [2.45, 2.75) is 9.46 Å². The van der Waals surface area contributed by atoms with E-state index in [0.717, 1.165) is 11.3 Å². The molecule has 142 valence electrons. The zero-order valence-electron chi connectivity index (χ0n) is 14.0. The van der Waals surface area contributed by atoms with Gasteiger partial charge in [-0.05, 0) is 47.8 Å². The van der Waals surface area contributed by atoms with Crippen molar-refractivity contribution in [2.24, 2.45) is 0 Å². The number of sulfone groups is 1. The van der Waals surface area contributed by atoms with E-state index < -0.39 is 21.0 Å². The van der Waals surface area contributed by atoms with Crippen LogP contribution in [0.4, 0.5) is 0 Å². The Labute approximate surface area is 165 Å². The molecule has 0 spiro atoms. The van der Waals surface area contributed by atoms with Gasteiger partial charge in [-0.15, -0.1) is 11.3 Å². The van der Waals surface area contributed by atoms with E-state index in [0.29, 0.717) is 10.8 Å². The summed E-state index contributed by atoms with van der Waals surface area (Å²) in [5, 5.41) is 3.82. The number of halogens is 1. The van der Waals surface area contributed by atoms with Crippen LogP contribution in [0, 0.1) is 0 Å². The van der Waals surface area contributed by atoms with Crippen LogP contribution in [0.25, 0.3) is 0 Å². The van der Waals surface area contributed by atoms with Gasteiger partial charge >= 0.3 is 0 Å². The van der Waals surface area contributed by atoms with Crippen LogP contribution in [0.2, 0.25) is 5.02 Å². The van der Waals surface area contributed by atoms with Crippen molar-refractivity contribution in [3.05, 3.63) is 71.0 Å². The summed E-state index contributed by atoms with van der Waals surface area (Å²) in [6.45, 7) is -0.373. The Bertz CT molecular complexity index is 967. The molecular formula is C18H16ClNO5S2. The van der Waals surface area contributed by atoms with Crippen LogP contribution >= 0.6 is 22.9 Å². The molecule has 1 N–H and O–H groups in total. The van der Waals surface area contributed by atoms with Gasteiger partial charge in [0.1, 0.15) is 21.0 Å². The predicted molar refractivity (Wildman–Crippen MR) is 103 cm³/mol. The first-order chi connectivity index (χ1) is 13.0. The Morgan fingerprint density at radius 2 is 1.96 bits per heavy atom. The second kappa shape index (κ2) is 8.60. The summed E-state index contributed by atoms with van der Waals surface area (Å²) < 4.78 is 36.6. The number of rotatable bonds is 8. The van der Waals surface area contributed by atoms with E-state index >= 15 is 0 Å². The average molecular weight is 426 g/mol. The molecule has 3 rings (SSSR count). The molecule has 0 bridgehead atoms. The molecule has 0 saturated heterocycles. The van der Waals surface area contributed by atoms with E-state index in [9.17, 15) is 13.2 Å². The number of ether oxygens (including phenoxy) is 1. The lowest BCUT2D eigenvalue weighted by atomic mass is 10.3. The Balaban J connectivity index is 1.65. The van der Waals surface area contributed by atoms with Gasteiger partial charge in [0, 0.05) is 11.6 Å². The van der Waals surface area contributed by atoms with Crippen molar-refractivity contribution in [3.8, 4) is 5.75 Å². The van der Waals surface area contributed by atoms with Crippen LogP contribution in [0.1, 0.15) is 11.0 Å². The molecule has 0 unspecified atom stereocenters. The Hall–Kier alpha value is -2.29. The smallest absolute Gasteiger partial charge is 0.257 e. The lowest BCUT2D eigenvalue weighted by molar-refractivity contribution is -0.123. The van der Waals surface area contributed by atoms with E-state index in [1.807, 2.05) is 0 Å². The number of hydrogen-bond acceptors (Lipinski definition) is 6. The zero-order chi connectivity index (χ0) is 19.3. The van der Waals surface area contributed by atoms with Crippen LogP contribution in [-0.2, 0) is 14.6 Å². The normalized spacial score (nSPS) is 12.5. The minimum Gasteiger partial charge on any atom is -0.484 e. The molecule has 6 nitrogen and oxygen atoms in total. The second-order valence-electron chi connectivity index (χ2n) is 5.53. The zero-order valence-corrected chi connectivity index (χ0v) is 16.4. The second-order valence-corrected chi connectivity index (χ2v) is 9.27. The molecule has 3 aromatic rings. The third-order valence-corrected chi connectivity index (χ3v) is 7.42. The summed E-state index contributed by atoms with van der Waals surface area (Å²) in [4.78, 5) is 12.1. The Kier molecular flexibility index (Phi) is 6.20. The fourth-order valence-corrected chi connectivity index (χ4v) is 5.26. The Morgan fingerprint density at radius 1 is 1.19 bits per heavy atom. The molecule has 0 aliphatic rings. The number of benzene rings is 1. The van der Waals surface area contributed by atoms with Gasteiger partial charge in [0.05, 0.1) is 6.26 Å². The lowest BCUT2D eigenvalue weighted by Crippen LogP contribution is -2.34. The summed E-state index contributed by atoms with van der Waals surface area (Å²) in [5.74, 6) is 0.313. The third-order valence-electron chi connectivity index (χ3n) is 3.68. The predicted octanol–water partition coefficient (Wildman–Crippen LogP) is 3.70. The van der Waals surface area contributed by atoms with Crippen molar-refractivity contribution in [3.63, 3.8) is 0 Å². The van der Waals surface area contributed by atoms with Crippen molar-refractivity contribution in [1.29, 1.82) is 0 Å². The molecule has 0 fully saturated rings. The van der Waals surface area contributed by atoms with Crippen LogP contribution in [0.15, 0.2) is 68.8 Å². The van der Waals surface area contributed by atoms with Gasteiger partial charge in [-0.1, -0.05) is 17.7 Å². The molecule has 1 atom stereocenters. The molecule has 1 aromatic carbocycles. The quantitative estimate of drug-likeness (QED) is 0.594. The van der Waals surface area contributed by atoms with Crippen LogP contribution < -0.4 is 10.1 Å². The van der Waals surface area contributed by atoms with E-state index in [4.69, 9.17) is 20.8 Å². The number of hydrogen-bond donors (Lipinski definition) is 1. The molecule has 0 saturated carbocycles. The van der Waals surface area contributed by atoms with Gasteiger partial charge in [0.25, 0.3) is 5.91 Å². The third kappa shape index (κ3) is 4.91. The monoisotopic (exact) mass is 425 g/mol. The lowest BCUT2D eigenvalue weighted by Gasteiger charge is -2.16. The number of amides is 1. The summed E-state index contributed by atoms with van der Waals surface area (Å²) in [7, 11) is -3.69. The molecule has 1 amide bonds. The van der Waals surface area contributed by atoms with Crippen molar-refractivity contribution < 1.29 is 22.4 Å². The number of carbonyl (C=O) groups excluding carboxylic acids is 1. The van der Waals surface area contributed by atoms with Crippen molar-refractivity contribution >= 4 is 38.7 Å². The molecule has 27 heavy (non-hydrogen) atoms. The molecule has 0 aliphatic heterocycles. The fraction of sp³-hybridized carbons (Fsp3) is 0.167. The summed E-state index contributed by atoms with van der Waals surface area (Å²) in [5.41, 5.74) is 0. The number of carbonyl (C=O) groups is 1. The Morgan fingerprint density at radius 3 is 2.59 bits per heavy atom. The summed E-state index contributed by atoms with van der Waals surface area (Å²) in [6, 6.07) is 13.0. The molecule has 0 radical (unpaired) electrons. The first-order valence-electron chi connectivity index (χ1n) is 7.92. The first kappa shape index (κ1) is 19.5. The largest absolute Gasteiger partial charge is 0.484 e. The van der Waals surface area contributed by atoms with Crippen LogP contribution in [0.3, 0.4) is 0 Å². The SMILES string of the molecule is O=C(COc1ccc(Cl)cc1)NC[C@H](c1ccco1)S(=O)(=O)c1cccs1. The van der Waals surface area contributed by atoms with Gasteiger partial charge < -0.3 is 14.5 Å². The highest BCUT2D eigenvalue weighted by molar-refractivity contribution is 7.93. The maximum absolute atomic E-state index is 12.9. The molecule has 2 aromatic heterocycles. The fourth-order valence-electron chi connectivity index (χ4n) is 2.34. The highest BCUT2D eigenvalue weighted by Gasteiger charge is 2.32. The van der Waals surface area contributed by atoms with Crippen LogP contribution in [0.5, 0.6) is 5.75 Å². The topological polar surface area (TPSA) is 85.6 Å². The standard InChI is InChI=1S/C18H16ClNO5S2/c19-13-5-7-14(8-6-13)25-12-17(21)20-11-16(15-3-1-9-24-15)27(22,23)18-4-2-10-26-18/h1-10,16H,11-12H2,(H,20,21)/t16-/m1/s1. The van der Waals surface area contributed by atoms with Gasteiger partial charge in [-0.25, -0.2) is 8.42 Å². The number of nitrogens with one attached hydrogen (secondary N) is 1. The number of thiophene rings is 1. The van der Waals surface area contributed by atoms with Crippen LogP contribution in [-0.4, -0.2) is 27.5 Å². The minimum absolute atomic E-state index is 0.128. The first-order valence-corrected chi connectivity index (χ1v) is 10.7. The van der Waals surface area contributed by atoms with E-state index in [2.05, 4.69) is 5.32 Å². The van der Waals surface area contributed by atoms with Crippen molar-refractivity contribution in [2.75, 3.05) is 13.2 Å². The molecular weight excluding hydrogens is 410 g/mol.